The maximum atomic E-state index is 12.3. The molecule has 30 heavy (non-hydrogen) atoms. The number of ether oxygens (including phenoxy) is 3. The number of hydrogen-bond donors (Lipinski definition) is 2. The number of esters is 1. The van der Waals surface area contributed by atoms with Gasteiger partial charge in [0, 0.05) is 5.69 Å². The fraction of sp³-hybridized carbons (Fsp3) is 0.318. The number of anilines is 1. The monoisotopic (exact) mass is 412 g/mol. The molecule has 8 nitrogen and oxygen atoms in total. The second-order valence-corrected chi connectivity index (χ2v) is 6.94. The van der Waals surface area contributed by atoms with Crippen LogP contribution in [0.3, 0.4) is 0 Å². The van der Waals surface area contributed by atoms with E-state index in [0.717, 1.165) is 16.8 Å². The van der Waals surface area contributed by atoms with Crippen molar-refractivity contribution in [3.05, 3.63) is 53.1 Å². The van der Waals surface area contributed by atoms with Crippen molar-refractivity contribution in [3.8, 4) is 11.5 Å². The van der Waals surface area contributed by atoms with E-state index in [4.69, 9.17) is 14.2 Å². The van der Waals surface area contributed by atoms with Crippen LogP contribution in [0.1, 0.15) is 28.4 Å². The van der Waals surface area contributed by atoms with E-state index in [1.807, 2.05) is 32.0 Å². The molecule has 2 amide bonds. The first-order chi connectivity index (χ1) is 14.3. The second kappa shape index (κ2) is 9.30. The quantitative estimate of drug-likeness (QED) is 0.706. The number of hydrogen-bond acceptors (Lipinski definition) is 6. The molecule has 1 unspecified atom stereocenters. The number of rotatable bonds is 6. The number of nitrogens with one attached hydrogen (secondary N) is 2. The molecule has 0 spiro atoms. The van der Waals surface area contributed by atoms with Crippen molar-refractivity contribution in [2.75, 3.05) is 25.1 Å². The molecule has 1 atom stereocenters. The van der Waals surface area contributed by atoms with Gasteiger partial charge in [-0.15, -0.1) is 0 Å². The number of para-hydroxylation sites is 1. The van der Waals surface area contributed by atoms with Gasteiger partial charge in [-0.1, -0.05) is 18.2 Å². The average Bonchev–Trinajstić information content (AvgIpc) is 2.74. The normalized spacial score (nSPS) is 13.2. The largest absolute Gasteiger partial charge is 0.486 e. The summed E-state index contributed by atoms with van der Waals surface area (Å²) in [7, 11) is 0. The molecule has 2 aromatic carbocycles. The summed E-state index contributed by atoms with van der Waals surface area (Å²) in [4.78, 5) is 36.7. The van der Waals surface area contributed by atoms with Crippen molar-refractivity contribution >= 4 is 23.5 Å². The predicted octanol–water partition coefficient (Wildman–Crippen LogP) is 2.37. The molecule has 2 N–H and O–H groups in total. The summed E-state index contributed by atoms with van der Waals surface area (Å²) in [5.41, 5.74) is 2.81. The molecular weight excluding hydrogens is 388 g/mol. The number of carbonyl (C=O) groups excluding carboxylic acids is 3. The third-order valence-electron chi connectivity index (χ3n) is 4.60. The van der Waals surface area contributed by atoms with Gasteiger partial charge in [0.15, 0.2) is 17.6 Å². The van der Waals surface area contributed by atoms with E-state index in [-0.39, 0.29) is 18.0 Å². The van der Waals surface area contributed by atoms with Crippen LogP contribution in [-0.2, 0) is 14.3 Å². The van der Waals surface area contributed by atoms with Crippen molar-refractivity contribution in [1.29, 1.82) is 0 Å². The average molecular weight is 412 g/mol. The van der Waals surface area contributed by atoms with Gasteiger partial charge in [-0.2, -0.15) is 0 Å². The highest BCUT2D eigenvalue weighted by Crippen LogP contribution is 2.31. The lowest BCUT2D eigenvalue weighted by atomic mass is 10.1. The lowest BCUT2D eigenvalue weighted by Gasteiger charge is -2.19. The van der Waals surface area contributed by atoms with Crippen LogP contribution in [0.4, 0.5) is 5.69 Å². The Morgan fingerprint density at radius 1 is 1.03 bits per heavy atom. The van der Waals surface area contributed by atoms with Gasteiger partial charge in [0.05, 0.1) is 12.1 Å². The first kappa shape index (κ1) is 21.2. The SMILES string of the molecule is Cc1cccc(C)c1NC(=O)CNC(=O)C(C)OC(=O)c1ccc2c(c1)OCCO2. The first-order valence-electron chi connectivity index (χ1n) is 9.59. The Kier molecular flexibility index (Phi) is 6.56. The topological polar surface area (TPSA) is 103 Å². The van der Waals surface area contributed by atoms with Gasteiger partial charge in [0.2, 0.25) is 5.91 Å². The Labute approximate surface area is 174 Å². The maximum absolute atomic E-state index is 12.3. The van der Waals surface area contributed by atoms with E-state index in [1.54, 1.807) is 12.1 Å². The Morgan fingerprint density at radius 3 is 2.40 bits per heavy atom. The van der Waals surface area contributed by atoms with E-state index < -0.39 is 18.0 Å². The number of aryl methyl sites for hydroxylation is 2. The molecule has 0 aromatic heterocycles. The van der Waals surface area contributed by atoms with Gasteiger partial charge in [-0.3, -0.25) is 9.59 Å². The van der Waals surface area contributed by atoms with Crippen LogP contribution in [0.15, 0.2) is 36.4 Å². The van der Waals surface area contributed by atoms with E-state index in [0.29, 0.717) is 24.7 Å². The predicted molar refractivity (Wildman–Crippen MR) is 110 cm³/mol. The van der Waals surface area contributed by atoms with Crippen LogP contribution in [-0.4, -0.2) is 43.6 Å². The number of fused-ring (bicyclic) bond motifs is 1. The molecular formula is C22H24N2O6. The zero-order valence-electron chi connectivity index (χ0n) is 17.1. The Bertz CT molecular complexity index is 952. The minimum absolute atomic E-state index is 0.238. The summed E-state index contributed by atoms with van der Waals surface area (Å²) < 4.78 is 16.0. The molecule has 1 heterocycles. The highest BCUT2D eigenvalue weighted by atomic mass is 16.6. The third-order valence-corrected chi connectivity index (χ3v) is 4.60. The summed E-state index contributed by atoms with van der Waals surface area (Å²) in [6, 6.07) is 10.4. The molecule has 1 aliphatic heterocycles. The molecule has 158 valence electrons. The molecule has 0 bridgehead atoms. The summed E-state index contributed by atoms with van der Waals surface area (Å²) in [5.74, 6) is -0.604. The zero-order chi connectivity index (χ0) is 21.7. The minimum Gasteiger partial charge on any atom is -0.486 e. The van der Waals surface area contributed by atoms with Gasteiger partial charge < -0.3 is 24.8 Å². The van der Waals surface area contributed by atoms with Crippen molar-refractivity contribution in [3.63, 3.8) is 0 Å². The fourth-order valence-electron chi connectivity index (χ4n) is 2.96. The molecule has 0 saturated heterocycles. The summed E-state index contributed by atoms with van der Waals surface area (Å²) in [6.07, 6.45) is -1.07. The molecule has 3 rings (SSSR count). The Morgan fingerprint density at radius 2 is 1.70 bits per heavy atom. The molecule has 8 heteroatoms. The van der Waals surface area contributed by atoms with Crippen molar-refractivity contribution in [2.45, 2.75) is 26.9 Å². The van der Waals surface area contributed by atoms with E-state index in [9.17, 15) is 14.4 Å². The maximum Gasteiger partial charge on any atom is 0.339 e. The summed E-state index contributed by atoms with van der Waals surface area (Å²) in [6.45, 7) is 5.83. The van der Waals surface area contributed by atoms with Crippen molar-refractivity contribution in [1.82, 2.24) is 5.32 Å². The lowest BCUT2D eigenvalue weighted by molar-refractivity contribution is -0.130. The third kappa shape index (κ3) is 5.08. The molecule has 0 fully saturated rings. The Hall–Kier alpha value is -3.55. The molecule has 2 aromatic rings. The summed E-state index contributed by atoms with van der Waals surface area (Å²) >= 11 is 0. The van der Waals surface area contributed by atoms with E-state index >= 15 is 0 Å². The highest BCUT2D eigenvalue weighted by Gasteiger charge is 2.21. The van der Waals surface area contributed by atoms with Gasteiger partial charge in [0.25, 0.3) is 5.91 Å². The standard InChI is InChI=1S/C22H24N2O6/c1-13-5-4-6-14(2)20(13)24-19(25)12-23-21(26)15(3)30-22(27)16-7-8-17-18(11-16)29-10-9-28-17/h4-8,11,15H,9-10,12H2,1-3H3,(H,23,26)(H,24,25). The van der Waals surface area contributed by atoms with E-state index in [1.165, 1.54) is 13.0 Å². The van der Waals surface area contributed by atoms with Gasteiger partial charge in [-0.25, -0.2) is 4.79 Å². The van der Waals surface area contributed by atoms with Crippen LogP contribution < -0.4 is 20.1 Å². The molecule has 0 aliphatic carbocycles. The smallest absolute Gasteiger partial charge is 0.339 e. The Balaban J connectivity index is 1.51. The molecule has 0 radical (unpaired) electrons. The van der Waals surface area contributed by atoms with Crippen LogP contribution in [0.25, 0.3) is 0 Å². The van der Waals surface area contributed by atoms with Crippen LogP contribution in [0, 0.1) is 13.8 Å². The molecule has 0 saturated carbocycles. The highest BCUT2D eigenvalue weighted by molar-refractivity contribution is 5.97. The minimum atomic E-state index is -1.07. The fourth-order valence-corrected chi connectivity index (χ4v) is 2.96. The lowest BCUT2D eigenvalue weighted by Crippen LogP contribution is -2.40. The van der Waals surface area contributed by atoms with Gasteiger partial charge in [0.1, 0.15) is 13.2 Å². The first-order valence-corrected chi connectivity index (χ1v) is 9.59. The van der Waals surface area contributed by atoms with Crippen molar-refractivity contribution in [2.24, 2.45) is 0 Å². The van der Waals surface area contributed by atoms with Gasteiger partial charge >= 0.3 is 5.97 Å². The zero-order valence-corrected chi connectivity index (χ0v) is 17.1. The molecule has 1 aliphatic rings. The van der Waals surface area contributed by atoms with Gasteiger partial charge in [-0.05, 0) is 50.1 Å². The number of carbonyl (C=O) groups is 3. The van der Waals surface area contributed by atoms with Crippen LogP contribution >= 0.6 is 0 Å². The second-order valence-electron chi connectivity index (χ2n) is 6.94. The van der Waals surface area contributed by atoms with Crippen molar-refractivity contribution < 1.29 is 28.6 Å². The summed E-state index contributed by atoms with van der Waals surface area (Å²) in [5, 5.41) is 5.26. The van der Waals surface area contributed by atoms with Crippen LogP contribution in [0.2, 0.25) is 0 Å². The van der Waals surface area contributed by atoms with E-state index in [2.05, 4.69) is 10.6 Å². The number of benzene rings is 2. The number of amides is 2. The van der Waals surface area contributed by atoms with Crippen LogP contribution in [0.5, 0.6) is 11.5 Å².